The number of Topliss-reactive ketones (excluding diaryl/α,β-unsaturated/α-hetero) is 1. The van der Waals surface area contributed by atoms with E-state index in [2.05, 4.69) is 10.3 Å². The van der Waals surface area contributed by atoms with Crippen LogP contribution < -0.4 is 5.32 Å². The quantitative estimate of drug-likeness (QED) is 0.911. The lowest BCUT2D eigenvalue weighted by molar-refractivity contribution is -0.114. The highest BCUT2D eigenvalue weighted by Crippen LogP contribution is 2.31. The first-order valence-electron chi connectivity index (χ1n) is 6.82. The maximum atomic E-state index is 12.4. The predicted molar refractivity (Wildman–Crippen MR) is 87.3 cm³/mol. The van der Waals surface area contributed by atoms with E-state index in [1.165, 1.54) is 6.92 Å². The van der Waals surface area contributed by atoms with Gasteiger partial charge >= 0.3 is 0 Å². The van der Waals surface area contributed by atoms with Crippen LogP contribution in [0.5, 0.6) is 0 Å². The minimum Gasteiger partial charge on any atom is -0.326 e. The number of nitrogens with one attached hydrogen (secondary N) is 1. The summed E-state index contributed by atoms with van der Waals surface area (Å²) in [4.78, 5) is 28.0. The topological polar surface area (TPSA) is 58.5 Å². The van der Waals surface area contributed by atoms with Crippen LogP contribution in [0.1, 0.15) is 29.3 Å². The Morgan fingerprint density at radius 2 is 1.95 bits per heavy atom. The van der Waals surface area contributed by atoms with Gasteiger partial charge in [-0.2, -0.15) is 0 Å². The molecule has 0 radical (unpaired) electrons. The first kappa shape index (κ1) is 14.5. The number of rotatable bonds is 2. The number of anilines is 1. The van der Waals surface area contributed by atoms with Crippen LogP contribution in [0.25, 0.3) is 0 Å². The molecule has 0 spiro atoms. The van der Waals surface area contributed by atoms with E-state index in [9.17, 15) is 9.59 Å². The van der Waals surface area contributed by atoms with Gasteiger partial charge in [0, 0.05) is 28.8 Å². The summed E-state index contributed by atoms with van der Waals surface area (Å²) in [5.41, 5.74) is 3.14. The van der Waals surface area contributed by atoms with Crippen molar-refractivity contribution in [3.63, 3.8) is 0 Å². The van der Waals surface area contributed by atoms with E-state index < -0.39 is 0 Å². The summed E-state index contributed by atoms with van der Waals surface area (Å²) in [6.07, 6.45) is 0.195. The van der Waals surface area contributed by atoms with Crippen molar-refractivity contribution in [1.29, 1.82) is 0 Å². The molecular weight excluding hydrogens is 300 g/mol. The Balaban J connectivity index is 2.03. The largest absolute Gasteiger partial charge is 0.326 e. The van der Waals surface area contributed by atoms with Crippen LogP contribution in [0.2, 0.25) is 5.02 Å². The lowest BCUT2D eigenvalue weighted by atomic mass is 9.96. The Kier molecular flexibility index (Phi) is 3.77. The molecule has 2 aromatic carbocycles. The van der Waals surface area contributed by atoms with Gasteiger partial charge in [0.25, 0.3) is 0 Å². The molecular formula is C17H13ClN2O2. The second-order valence-electron chi connectivity index (χ2n) is 5.05. The number of fused-ring (bicyclic) bond motifs is 1. The standard InChI is InChI=1S/C17H13ClN2O2/c1-10(21)19-11-6-7-15-13(8-11)17(22)9-16(20-15)12-4-2-3-5-14(12)18/h2-8H,9H2,1H3,(H,19,21). The summed E-state index contributed by atoms with van der Waals surface area (Å²) in [6, 6.07) is 12.5. The van der Waals surface area contributed by atoms with E-state index >= 15 is 0 Å². The van der Waals surface area contributed by atoms with Gasteiger partial charge in [-0.25, -0.2) is 0 Å². The highest BCUT2D eigenvalue weighted by molar-refractivity contribution is 6.35. The third-order valence-corrected chi connectivity index (χ3v) is 3.72. The number of halogens is 1. The van der Waals surface area contributed by atoms with Crippen molar-refractivity contribution < 1.29 is 9.59 Å². The molecule has 1 aliphatic heterocycles. The Morgan fingerprint density at radius 3 is 2.68 bits per heavy atom. The lowest BCUT2D eigenvalue weighted by Crippen LogP contribution is -2.15. The van der Waals surface area contributed by atoms with Crippen LogP contribution >= 0.6 is 11.6 Å². The Hall–Kier alpha value is -2.46. The Bertz CT molecular complexity index is 812. The molecule has 0 aromatic heterocycles. The third kappa shape index (κ3) is 2.78. The molecule has 0 unspecified atom stereocenters. The predicted octanol–water partition coefficient (Wildman–Crippen LogP) is 4.01. The lowest BCUT2D eigenvalue weighted by Gasteiger charge is -2.16. The second-order valence-corrected chi connectivity index (χ2v) is 5.46. The molecule has 1 amide bonds. The number of nitrogens with zero attached hydrogens (tertiary/aromatic N) is 1. The molecule has 4 nitrogen and oxygen atoms in total. The summed E-state index contributed by atoms with van der Waals surface area (Å²) in [5.74, 6) is -0.212. The molecule has 0 bridgehead atoms. The van der Waals surface area contributed by atoms with Gasteiger partial charge < -0.3 is 5.32 Å². The number of carbonyl (C=O) groups excluding carboxylic acids is 2. The first-order valence-corrected chi connectivity index (χ1v) is 7.19. The van der Waals surface area contributed by atoms with E-state index in [0.717, 1.165) is 5.56 Å². The zero-order valence-electron chi connectivity index (χ0n) is 11.9. The molecule has 22 heavy (non-hydrogen) atoms. The van der Waals surface area contributed by atoms with Gasteiger partial charge in [0.2, 0.25) is 5.91 Å². The van der Waals surface area contributed by atoms with Crippen molar-refractivity contribution in [3.8, 4) is 0 Å². The fourth-order valence-corrected chi connectivity index (χ4v) is 2.67. The van der Waals surface area contributed by atoms with Crippen LogP contribution in [-0.4, -0.2) is 17.4 Å². The van der Waals surface area contributed by atoms with E-state index in [1.807, 2.05) is 18.2 Å². The molecule has 0 aliphatic carbocycles. The van der Waals surface area contributed by atoms with Crippen LogP contribution in [0.3, 0.4) is 0 Å². The van der Waals surface area contributed by atoms with Crippen molar-refractivity contribution in [3.05, 3.63) is 58.6 Å². The average Bonchev–Trinajstić information content (AvgIpc) is 2.47. The summed E-state index contributed by atoms with van der Waals surface area (Å²) in [7, 11) is 0. The number of ketones is 1. The highest BCUT2D eigenvalue weighted by atomic mass is 35.5. The molecule has 1 N–H and O–H groups in total. The van der Waals surface area contributed by atoms with Gasteiger partial charge in [0.05, 0.1) is 17.8 Å². The van der Waals surface area contributed by atoms with Crippen LogP contribution in [0.4, 0.5) is 11.4 Å². The van der Waals surface area contributed by atoms with E-state index in [1.54, 1.807) is 24.3 Å². The fourth-order valence-electron chi connectivity index (χ4n) is 2.42. The molecule has 3 rings (SSSR count). The SMILES string of the molecule is CC(=O)Nc1ccc2c(c1)C(=O)CC(c1ccccc1Cl)=N2. The van der Waals surface area contributed by atoms with Gasteiger partial charge in [-0.15, -0.1) is 0 Å². The van der Waals surface area contributed by atoms with E-state index in [0.29, 0.717) is 27.7 Å². The zero-order chi connectivity index (χ0) is 15.7. The van der Waals surface area contributed by atoms with Crippen molar-refractivity contribution in [2.24, 2.45) is 4.99 Å². The van der Waals surface area contributed by atoms with Gasteiger partial charge in [-0.1, -0.05) is 29.8 Å². The number of hydrogen-bond acceptors (Lipinski definition) is 3. The van der Waals surface area contributed by atoms with Crippen LogP contribution in [-0.2, 0) is 4.79 Å². The minimum atomic E-state index is -0.177. The molecule has 0 fully saturated rings. The summed E-state index contributed by atoms with van der Waals surface area (Å²) >= 11 is 6.18. The Labute approximate surface area is 132 Å². The monoisotopic (exact) mass is 312 g/mol. The van der Waals surface area contributed by atoms with Gasteiger partial charge in [-0.05, 0) is 24.3 Å². The number of aliphatic imine (C=N–C) groups is 1. The summed E-state index contributed by atoms with van der Waals surface area (Å²) in [6.45, 7) is 1.43. The summed E-state index contributed by atoms with van der Waals surface area (Å²) < 4.78 is 0. The Morgan fingerprint density at radius 1 is 1.18 bits per heavy atom. The van der Waals surface area contributed by atoms with Gasteiger partial charge in [-0.3, -0.25) is 14.6 Å². The molecule has 0 saturated carbocycles. The number of hydrogen-bond donors (Lipinski definition) is 1. The number of benzene rings is 2. The second kappa shape index (κ2) is 5.73. The molecule has 1 heterocycles. The molecule has 110 valence electrons. The molecule has 1 aliphatic rings. The van der Waals surface area contributed by atoms with Crippen LogP contribution in [0, 0.1) is 0 Å². The normalized spacial score (nSPS) is 13.4. The molecule has 0 atom stereocenters. The van der Waals surface area contributed by atoms with E-state index in [4.69, 9.17) is 11.6 Å². The molecule has 0 saturated heterocycles. The summed E-state index contributed by atoms with van der Waals surface area (Å²) in [5, 5.41) is 3.24. The van der Waals surface area contributed by atoms with Crippen molar-refractivity contribution in [2.75, 3.05) is 5.32 Å². The first-order chi connectivity index (χ1) is 10.5. The van der Waals surface area contributed by atoms with Crippen molar-refractivity contribution >= 4 is 40.4 Å². The maximum absolute atomic E-state index is 12.4. The zero-order valence-corrected chi connectivity index (χ0v) is 12.6. The van der Waals surface area contributed by atoms with Gasteiger partial charge in [0.15, 0.2) is 5.78 Å². The maximum Gasteiger partial charge on any atom is 0.221 e. The fraction of sp³-hybridized carbons (Fsp3) is 0.118. The number of carbonyl (C=O) groups is 2. The minimum absolute atomic E-state index is 0.0351. The molecule has 5 heteroatoms. The smallest absolute Gasteiger partial charge is 0.221 e. The van der Waals surface area contributed by atoms with Crippen molar-refractivity contribution in [1.82, 2.24) is 0 Å². The van der Waals surface area contributed by atoms with Crippen LogP contribution in [0.15, 0.2) is 47.5 Å². The van der Waals surface area contributed by atoms with E-state index in [-0.39, 0.29) is 18.1 Å². The third-order valence-electron chi connectivity index (χ3n) is 3.39. The average molecular weight is 313 g/mol. The molecule has 2 aromatic rings. The highest BCUT2D eigenvalue weighted by Gasteiger charge is 2.22. The van der Waals surface area contributed by atoms with Crippen molar-refractivity contribution in [2.45, 2.75) is 13.3 Å². The number of amides is 1. The van der Waals surface area contributed by atoms with Gasteiger partial charge in [0.1, 0.15) is 0 Å².